The van der Waals surface area contributed by atoms with E-state index in [1.807, 2.05) is 29.2 Å². The third kappa shape index (κ3) is 4.69. The fourth-order valence-electron chi connectivity index (χ4n) is 6.23. The number of aromatic amines is 1. The molecule has 6 rings (SSSR count). The molecule has 2 aromatic rings. The number of piperazine rings is 1. The molecule has 3 saturated heterocycles. The van der Waals surface area contributed by atoms with Crippen LogP contribution in [0.15, 0.2) is 24.3 Å². The molecule has 0 radical (unpaired) electrons. The van der Waals surface area contributed by atoms with Gasteiger partial charge in [0.25, 0.3) is 0 Å². The Morgan fingerprint density at radius 1 is 1.28 bits per heavy atom. The molecular formula is C26H31N9O4. The number of rotatable bonds is 6. The Morgan fingerprint density at radius 3 is 2.79 bits per heavy atom. The molecule has 4 heterocycles. The number of H-pyrrole nitrogens is 1. The summed E-state index contributed by atoms with van der Waals surface area (Å²) in [6.07, 6.45) is 1.47. The van der Waals surface area contributed by atoms with Crippen LogP contribution >= 0.6 is 0 Å². The van der Waals surface area contributed by atoms with Crippen molar-refractivity contribution in [3.05, 3.63) is 24.3 Å². The highest BCUT2D eigenvalue weighted by Crippen LogP contribution is 2.48. The van der Waals surface area contributed by atoms with Gasteiger partial charge in [-0.25, -0.2) is 9.89 Å². The van der Waals surface area contributed by atoms with Crippen LogP contribution in [0.3, 0.4) is 0 Å². The molecule has 0 unspecified atom stereocenters. The SMILES string of the molecule is CC(C)(C)OC(=O)N[C@@H](CN1C[C@@H]2C[C@H]1C(=O)N2c1cccc(-c2nnn[nH]2)c1)C(=O)N1[C@H](C#N)C[C@@H]2C[C@@H]21. The van der Waals surface area contributed by atoms with Crippen LogP contribution in [0.25, 0.3) is 11.4 Å². The van der Waals surface area contributed by atoms with E-state index in [4.69, 9.17) is 4.74 Å². The van der Waals surface area contributed by atoms with Crippen molar-refractivity contribution in [3.63, 3.8) is 0 Å². The van der Waals surface area contributed by atoms with E-state index in [2.05, 4.69) is 32.0 Å². The Hall–Kier alpha value is -4.05. The number of nitrogens with zero attached hydrogens (tertiary/aromatic N) is 7. The number of alkyl carbamates (subject to hydrolysis) is 1. The lowest BCUT2D eigenvalue weighted by atomic mass is 10.1. The smallest absolute Gasteiger partial charge is 0.408 e. The van der Waals surface area contributed by atoms with E-state index in [0.29, 0.717) is 31.1 Å². The van der Waals surface area contributed by atoms with Crippen molar-refractivity contribution < 1.29 is 19.1 Å². The zero-order valence-corrected chi connectivity index (χ0v) is 22.1. The van der Waals surface area contributed by atoms with E-state index >= 15 is 0 Å². The fourth-order valence-corrected chi connectivity index (χ4v) is 6.23. The summed E-state index contributed by atoms with van der Waals surface area (Å²) in [7, 11) is 0. The predicted octanol–water partition coefficient (Wildman–Crippen LogP) is 1.06. The van der Waals surface area contributed by atoms with Crippen LogP contribution in [0.2, 0.25) is 0 Å². The van der Waals surface area contributed by atoms with Gasteiger partial charge in [-0.15, -0.1) is 5.10 Å². The van der Waals surface area contributed by atoms with Gasteiger partial charge < -0.3 is 19.9 Å². The number of amides is 3. The van der Waals surface area contributed by atoms with Crippen molar-refractivity contribution >= 4 is 23.6 Å². The molecule has 6 atom stereocenters. The molecular weight excluding hydrogens is 502 g/mol. The third-order valence-corrected chi connectivity index (χ3v) is 7.93. The van der Waals surface area contributed by atoms with Crippen LogP contribution in [0.4, 0.5) is 10.5 Å². The Bertz CT molecular complexity index is 1330. The number of carbonyl (C=O) groups is 3. The molecule has 0 spiro atoms. The maximum absolute atomic E-state index is 13.7. The minimum Gasteiger partial charge on any atom is -0.444 e. The number of aromatic nitrogens is 4. The van der Waals surface area contributed by atoms with E-state index in [-0.39, 0.29) is 30.4 Å². The Balaban J connectivity index is 1.19. The highest BCUT2D eigenvalue weighted by molar-refractivity contribution is 6.01. The van der Waals surface area contributed by atoms with Gasteiger partial charge in [0.1, 0.15) is 17.7 Å². The van der Waals surface area contributed by atoms with Gasteiger partial charge in [-0.1, -0.05) is 12.1 Å². The molecule has 3 amide bonds. The van der Waals surface area contributed by atoms with Crippen LogP contribution in [0.1, 0.15) is 40.0 Å². The minimum atomic E-state index is -0.932. The molecule has 1 saturated carbocycles. The molecule has 3 aliphatic heterocycles. The van der Waals surface area contributed by atoms with E-state index in [1.165, 1.54) is 0 Å². The maximum Gasteiger partial charge on any atom is 0.408 e. The lowest BCUT2D eigenvalue weighted by Crippen LogP contribution is -2.59. The van der Waals surface area contributed by atoms with Crippen LogP contribution in [0, 0.1) is 17.2 Å². The lowest BCUT2D eigenvalue weighted by Gasteiger charge is -2.36. The van der Waals surface area contributed by atoms with E-state index in [1.54, 1.807) is 30.6 Å². The average Bonchev–Trinajstić information content (AvgIpc) is 3.32. The second kappa shape index (κ2) is 9.30. The molecule has 4 aliphatic rings. The van der Waals surface area contributed by atoms with Gasteiger partial charge in [0.15, 0.2) is 5.82 Å². The first-order chi connectivity index (χ1) is 18.6. The van der Waals surface area contributed by atoms with Crippen molar-refractivity contribution in [2.24, 2.45) is 5.92 Å². The Labute approximate surface area is 225 Å². The number of tetrazole rings is 1. The average molecular weight is 534 g/mol. The molecule has 2 bridgehead atoms. The summed E-state index contributed by atoms with van der Waals surface area (Å²) in [5.74, 6) is 0.515. The van der Waals surface area contributed by atoms with Crippen molar-refractivity contribution in [2.45, 2.75) is 75.8 Å². The van der Waals surface area contributed by atoms with Crippen molar-refractivity contribution in [1.82, 2.24) is 35.7 Å². The van der Waals surface area contributed by atoms with Crippen molar-refractivity contribution in [3.8, 4) is 17.5 Å². The number of benzene rings is 1. The monoisotopic (exact) mass is 533 g/mol. The Morgan fingerprint density at radius 2 is 2.10 bits per heavy atom. The van der Waals surface area contributed by atoms with Crippen LogP contribution in [-0.4, -0.2) is 97.2 Å². The zero-order valence-electron chi connectivity index (χ0n) is 22.1. The van der Waals surface area contributed by atoms with Gasteiger partial charge in [-0.2, -0.15) is 5.26 Å². The van der Waals surface area contributed by atoms with E-state index < -0.39 is 29.8 Å². The highest BCUT2D eigenvalue weighted by atomic mass is 16.6. The summed E-state index contributed by atoms with van der Waals surface area (Å²) in [5.41, 5.74) is 0.796. The molecule has 1 aliphatic carbocycles. The number of nitriles is 1. The van der Waals surface area contributed by atoms with E-state index in [9.17, 15) is 19.6 Å². The fraction of sp³-hybridized carbons (Fsp3) is 0.577. The van der Waals surface area contributed by atoms with Gasteiger partial charge in [0.05, 0.1) is 18.2 Å². The van der Waals surface area contributed by atoms with Crippen molar-refractivity contribution in [2.75, 3.05) is 18.0 Å². The van der Waals surface area contributed by atoms with Crippen LogP contribution in [0.5, 0.6) is 0 Å². The number of nitrogens with one attached hydrogen (secondary N) is 2. The first kappa shape index (κ1) is 25.2. The number of ether oxygens (including phenoxy) is 1. The maximum atomic E-state index is 13.7. The largest absolute Gasteiger partial charge is 0.444 e. The summed E-state index contributed by atoms with van der Waals surface area (Å²) in [4.78, 5) is 45.4. The summed E-state index contributed by atoms with van der Waals surface area (Å²) in [5, 5.41) is 26.3. The lowest BCUT2D eigenvalue weighted by molar-refractivity contribution is -0.136. The number of anilines is 1. The molecule has 4 fully saturated rings. The van der Waals surface area contributed by atoms with Crippen LogP contribution < -0.4 is 10.2 Å². The topological polar surface area (TPSA) is 160 Å². The first-order valence-corrected chi connectivity index (χ1v) is 13.3. The second-order valence-corrected chi connectivity index (χ2v) is 11.8. The van der Waals surface area contributed by atoms with Gasteiger partial charge in [0.2, 0.25) is 11.8 Å². The summed E-state index contributed by atoms with van der Waals surface area (Å²) < 4.78 is 5.44. The van der Waals surface area contributed by atoms with Crippen molar-refractivity contribution in [1.29, 1.82) is 5.26 Å². The summed E-state index contributed by atoms with van der Waals surface area (Å²) >= 11 is 0. The van der Waals surface area contributed by atoms with E-state index in [0.717, 1.165) is 17.7 Å². The second-order valence-electron chi connectivity index (χ2n) is 11.8. The standard InChI is InChI=1S/C26H31N9O4/c1-26(2,3)39-25(38)28-19(23(36)35-17(11-27)8-15-9-20(15)35)13-33-12-18-10-21(33)24(37)34(18)16-6-4-5-14(7-16)22-29-31-32-30-22/h4-7,15,17-21H,8-10,12-13H2,1-3H3,(H,28,38)(H,29,30,31,32)/t15-,17+,18+,19+,20+,21+/m1/s1. The molecule has 1 aromatic heterocycles. The van der Waals surface area contributed by atoms with Gasteiger partial charge in [0, 0.05) is 30.4 Å². The molecule has 13 heteroatoms. The number of fused-ring (bicyclic) bond motifs is 3. The van der Waals surface area contributed by atoms with Gasteiger partial charge in [-0.3, -0.25) is 14.5 Å². The number of hydrogen-bond acceptors (Lipinski definition) is 9. The Kier molecular flexibility index (Phi) is 6.02. The third-order valence-electron chi connectivity index (χ3n) is 7.93. The van der Waals surface area contributed by atoms with Gasteiger partial charge >= 0.3 is 6.09 Å². The number of carbonyl (C=O) groups excluding carboxylic acids is 3. The summed E-state index contributed by atoms with van der Waals surface area (Å²) in [6.45, 7) is 5.98. The van der Waals surface area contributed by atoms with Crippen LogP contribution in [-0.2, 0) is 14.3 Å². The number of likely N-dealkylation sites (tertiary alicyclic amines) is 2. The predicted molar refractivity (Wildman–Crippen MR) is 137 cm³/mol. The van der Waals surface area contributed by atoms with Gasteiger partial charge in [-0.05, 0) is 68.5 Å². The summed E-state index contributed by atoms with van der Waals surface area (Å²) in [6, 6.07) is 7.85. The minimum absolute atomic E-state index is 0.0454. The highest BCUT2D eigenvalue weighted by Gasteiger charge is 2.56. The quantitative estimate of drug-likeness (QED) is 0.553. The molecule has 1 aromatic carbocycles. The molecule has 2 N–H and O–H groups in total. The molecule has 204 valence electrons. The number of piperidine rings is 1. The molecule has 13 nitrogen and oxygen atoms in total. The number of hydrogen-bond donors (Lipinski definition) is 2. The normalized spacial score (nSPS) is 28.3. The molecule has 39 heavy (non-hydrogen) atoms. The first-order valence-electron chi connectivity index (χ1n) is 13.3. The zero-order chi connectivity index (χ0) is 27.5.